The first kappa shape index (κ1) is 14.0. The summed E-state index contributed by atoms with van der Waals surface area (Å²) in [5, 5.41) is 9.81. The number of rotatable bonds is 7. The third kappa shape index (κ3) is 3.46. The van der Waals surface area contributed by atoms with Crippen molar-refractivity contribution < 1.29 is 5.11 Å². The van der Waals surface area contributed by atoms with Crippen molar-refractivity contribution >= 4 is 0 Å². The summed E-state index contributed by atoms with van der Waals surface area (Å²) < 4.78 is 0. The minimum absolute atomic E-state index is 0.315. The van der Waals surface area contributed by atoms with Crippen LogP contribution in [-0.4, -0.2) is 34.2 Å². The van der Waals surface area contributed by atoms with Gasteiger partial charge in [0.2, 0.25) is 0 Å². The van der Waals surface area contributed by atoms with Crippen LogP contribution in [0.25, 0.3) is 0 Å². The molecule has 1 N–H and O–H groups in total. The Hall–Kier alpha value is -0.0800. The summed E-state index contributed by atoms with van der Waals surface area (Å²) in [4.78, 5) is 2.46. The van der Waals surface area contributed by atoms with E-state index < -0.39 is 5.60 Å². The largest absolute Gasteiger partial charge is 0.388 e. The van der Waals surface area contributed by atoms with E-state index in [4.69, 9.17) is 0 Å². The Balaban J connectivity index is 2.33. The van der Waals surface area contributed by atoms with Gasteiger partial charge in [-0.3, -0.25) is 4.90 Å². The zero-order valence-electron chi connectivity index (χ0n) is 11.6. The highest BCUT2D eigenvalue weighted by Gasteiger charge is 2.44. The lowest BCUT2D eigenvalue weighted by Gasteiger charge is -2.54. The summed E-state index contributed by atoms with van der Waals surface area (Å²) in [5.74, 6) is 0. The second-order valence-electron chi connectivity index (χ2n) is 6.01. The molecule has 2 nitrogen and oxygen atoms in total. The van der Waals surface area contributed by atoms with E-state index in [1.165, 1.54) is 38.5 Å². The third-order valence-corrected chi connectivity index (χ3v) is 4.16. The fourth-order valence-electron chi connectivity index (χ4n) is 2.65. The molecule has 1 fully saturated rings. The summed E-state index contributed by atoms with van der Waals surface area (Å²) in [5.41, 5.74) is -0.115. The number of unbranched alkanes of at least 4 members (excludes halogenated alkanes) is 3. The summed E-state index contributed by atoms with van der Waals surface area (Å²) in [6.45, 7) is 10.5. The van der Waals surface area contributed by atoms with Crippen LogP contribution in [0.1, 0.15) is 66.2 Å². The van der Waals surface area contributed by atoms with E-state index in [-0.39, 0.29) is 0 Å². The molecule has 1 heterocycles. The van der Waals surface area contributed by atoms with E-state index in [2.05, 4.69) is 25.7 Å². The summed E-state index contributed by atoms with van der Waals surface area (Å²) in [7, 11) is 0. The van der Waals surface area contributed by atoms with Gasteiger partial charge in [0.25, 0.3) is 0 Å². The number of aliphatic hydroxyl groups is 1. The van der Waals surface area contributed by atoms with Gasteiger partial charge in [-0.05, 0) is 26.7 Å². The Morgan fingerprint density at radius 3 is 2.25 bits per heavy atom. The molecule has 1 saturated heterocycles. The minimum Gasteiger partial charge on any atom is -0.388 e. The van der Waals surface area contributed by atoms with E-state index in [1.54, 1.807) is 0 Å². The van der Waals surface area contributed by atoms with Crippen LogP contribution < -0.4 is 0 Å². The second-order valence-corrected chi connectivity index (χ2v) is 6.01. The molecule has 0 amide bonds. The second kappa shape index (κ2) is 5.50. The van der Waals surface area contributed by atoms with Crippen molar-refractivity contribution in [1.29, 1.82) is 0 Å². The molecule has 0 radical (unpaired) electrons. The van der Waals surface area contributed by atoms with Crippen LogP contribution in [0.4, 0.5) is 0 Å². The Labute approximate surface area is 101 Å². The monoisotopic (exact) mass is 227 g/mol. The molecule has 0 spiro atoms. The van der Waals surface area contributed by atoms with Gasteiger partial charge >= 0.3 is 0 Å². The van der Waals surface area contributed by atoms with Gasteiger partial charge in [-0.2, -0.15) is 0 Å². The van der Waals surface area contributed by atoms with Crippen molar-refractivity contribution in [3.63, 3.8) is 0 Å². The minimum atomic E-state index is -0.431. The summed E-state index contributed by atoms with van der Waals surface area (Å²) in [6.07, 6.45) is 7.82. The number of β-amino-alcohol motifs (C(OH)–C–C–N with tert-alkyl or cyclic N) is 1. The molecule has 0 aromatic heterocycles. The van der Waals surface area contributed by atoms with Crippen LogP contribution in [0.15, 0.2) is 0 Å². The van der Waals surface area contributed by atoms with Crippen LogP contribution in [-0.2, 0) is 0 Å². The van der Waals surface area contributed by atoms with E-state index >= 15 is 0 Å². The zero-order chi connectivity index (χ0) is 12.2. The van der Waals surface area contributed by atoms with Crippen molar-refractivity contribution in [1.82, 2.24) is 4.90 Å². The van der Waals surface area contributed by atoms with E-state index in [0.717, 1.165) is 13.1 Å². The normalized spacial score (nSPS) is 23.8. The molecule has 2 heteroatoms. The van der Waals surface area contributed by atoms with Crippen molar-refractivity contribution in [2.24, 2.45) is 0 Å². The van der Waals surface area contributed by atoms with Gasteiger partial charge in [0.05, 0.1) is 5.60 Å². The molecule has 0 aliphatic carbocycles. The van der Waals surface area contributed by atoms with Crippen molar-refractivity contribution in [2.45, 2.75) is 77.4 Å². The molecule has 16 heavy (non-hydrogen) atoms. The summed E-state index contributed by atoms with van der Waals surface area (Å²) >= 11 is 0. The molecule has 0 aromatic rings. The highest BCUT2D eigenvalue weighted by molar-refractivity contribution is 5.00. The first-order chi connectivity index (χ1) is 7.43. The van der Waals surface area contributed by atoms with Gasteiger partial charge in [0, 0.05) is 18.6 Å². The van der Waals surface area contributed by atoms with Gasteiger partial charge in [-0.15, -0.1) is 0 Å². The smallest absolute Gasteiger partial charge is 0.0872 e. The van der Waals surface area contributed by atoms with Crippen LogP contribution in [0.2, 0.25) is 0 Å². The molecular formula is C14H29NO. The lowest BCUT2D eigenvalue weighted by Crippen LogP contribution is -2.67. The van der Waals surface area contributed by atoms with Crippen LogP contribution in [0, 0.1) is 0 Å². The van der Waals surface area contributed by atoms with Crippen molar-refractivity contribution in [3.8, 4) is 0 Å². The van der Waals surface area contributed by atoms with Crippen LogP contribution in [0.3, 0.4) is 0 Å². The molecule has 1 atom stereocenters. The first-order valence-electron chi connectivity index (χ1n) is 6.91. The Morgan fingerprint density at radius 1 is 1.19 bits per heavy atom. The molecule has 1 aliphatic heterocycles. The molecule has 1 aliphatic rings. The zero-order valence-corrected chi connectivity index (χ0v) is 11.6. The topological polar surface area (TPSA) is 23.5 Å². The molecule has 0 bridgehead atoms. The van der Waals surface area contributed by atoms with Gasteiger partial charge in [0.15, 0.2) is 0 Å². The Morgan fingerprint density at radius 2 is 1.81 bits per heavy atom. The highest BCUT2D eigenvalue weighted by atomic mass is 16.3. The van der Waals surface area contributed by atoms with E-state index in [0.29, 0.717) is 5.54 Å². The molecule has 96 valence electrons. The maximum absolute atomic E-state index is 9.81. The van der Waals surface area contributed by atoms with Crippen LogP contribution >= 0.6 is 0 Å². The molecule has 1 unspecified atom stereocenters. The van der Waals surface area contributed by atoms with Gasteiger partial charge in [-0.25, -0.2) is 0 Å². The van der Waals surface area contributed by atoms with Crippen LogP contribution in [0.5, 0.6) is 0 Å². The quantitative estimate of drug-likeness (QED) is 0.675. The van der Waals surface area contributed by atoms with Gasteiger partial charge in [-0.1, -0.05) is 39.5 Å². The first-order valence-corrected chi connectivity index (χ1v) is 6.91. The lowest BCUT2D eigenvalue weighted by atomic mass is 9.83. The van der Waals surface area contributed by atoms with Gasteiger partial charge in [0.1, 0.15) is 0 Å². The maximum Gasteiger partial charge on any atom is 0.0872 e. The maximum atomic E-state index is 9.81. The third-order valence-electron chi connectivity index (χ3n) is 4.16. The SMILES string of the molecule is CCCCCCC(C)(CC)N1CC(C)(O)C1. The van der Waals surface area contributed by atoms with E-state index in [9.17, 15) is 5.11 Å². The Kier molecular flexibility index (Phi) is 4.81. The fourth-order valence-corrected chi connectivity index (χ4v) is 2.65. The number of hydrogen-bond acceptors (Lipinski definition) is 2. The van der Waals surface area contributed by atoms with Gasteiger partial charge < -0.3 is 5.11 Å². The Bertz CT molecular complexity index is 207. The lowest BCUT2D eigenvalue weighted by molar-refractivity contribution is -0.131. The molecule has 1 rings (SSSR count). The standard InChI is InChI=1S/C14H29NO/c1-5-7-8-9-10-13(3,6-2)15-11-14(4,16)12-15/h16H,5-12H2,1-4H3. The molecule has 0 aromatic carbocycles. The van der Waals surface area contributed by atoms with Crippen molar-refractivity contribution in [3.05, 3.63) is 0 Å². The highest BCUT2D eigenvalue weighted by Crippen LogP contribution is 2.34. The predicted molar refractivity (Wildman–Crippen MR) is 69.7 cm³/mol. The average Bonchev–Trinajstić information content (AvgIpc) is 2.21. The average molecular weight is 227 g/mol. The number of likely N-dealkylation sites (tertiary alicyclic amines) is 1. The van der Waals surface area contributed by atoms with E-state index in [1.807, 2.05) is 6.92 Å². The predicted octanol–water partition coefficient (Wildman–Crippen LogP) is 3.19. The van der Waals surface area contributed by atoms with Crippen molar-refractivity contribution in [2.75, 3.05) is 13.1 Å². The molecular weight excluding hydrogens is 198 g/mol. The fraction of sp³-hybridized carbons (Fsp3) is 1.00. The summed E-state index contributed by atoms with van der Waals surface area (Å²) in [6, 6.07) is 0. The molecule has 0 saturated carbocycles. The number of nitrogens with zero attached hydrogens (tertiary/aromatic N) is 1. The number of hydrogen-bond donors (Lipinski definition) is 1.